The molecule has 22 heavy (non-hydrogen) atoms. The maximum atomic E-state index is 12.1. The summed E-state index contributed by atoms with van der Waals surface area (Å²) in [6.45, 7) is 2.64. The van der Waals surface area contributed by atoms with E-state index in [-0.39, 0.29) is 29.6 Å². The molecular weight excluding hydrogens is 399 g/mol. The molecule has 7 heteroatoms. The van der Waals surface area contributed by atoms with Gasteiger partial charge in [0.15, 0.2) is 0 Å². The monoisotopic (exact) mass is 416 g/mol. The van der Waals surface area contributed by atoms with Gasteiger partial charge in [0.2, 0.25) is 5.91 Å². The molecule has 0 unspecified atom stereocenters. The van der Waals surface area contributed by atoms with E-state index in [1.807, 2.05) is 29.5 Å². The highest BCUT2D eigenvalue weighted by Crippen LogP contribution is 2.16. The Bertz CT molecular complexity index is 618. The van der Waals surface area contributed by atoms with Crippen molar-refractivity contribution in [3.8, 4) is 0 Å². The van der Waals surface area contributed by atoms with E-state index in [9.17, 15) is 14.4 Å². The zero-order valence-electron chi connectivity index (χ0n) is 12.1. The fourth-order valence-electron chi connectivity index (χ4n) is 2.51. The van der Waals surface area contributed by atoms with E-state index >= 15 is 0 Å². The van der Waals surface area contributed by atoms with Crippen molar-refractivity contribution in [3.63, 3.8) is 0 Å². The molecule has 1 saturated heterocycles. The number of nitrogens with zero attached hydrogens (tertiary/aromatic N) is 1. The molecule has 1 aliphatic rings. The van der Waals surface area contributed by atoms with Crippen molar-refractivity contribution in [2.24, 2.45) is 0 Å². The van der Waals surface area contributed by atoms with E-state index in [0.717, 1.165) is 19.4 Å². The molecule has 0 aliphatic carbocycles. The van der Waals surface area contributed by atoms with Gasteiger partial charge in [0, 0.05) is 21.7 Å². The first-order valence-corrected chi connectivity index (χ1v) is 8.08. The van der Waals surface area contributed by atoms with E-state index in [0.29, 0.717) is 3.57 Å². The Morgan fingerprint density at radius 1 is 1.32 bits per heavy atom. The normalized spacial score (nSPS) is 17.4. The number of carboxylic acid groups (broad SMARTS) is 1. The van der Waals surface area contributed by atoms with Gasteiger partial charge in [0.1, 0.15) is 0 Å². The second-order valence-electron chi connectivity index (χ2n) is 5.29. The third kappa shape index (κ3) is 3.96. The van der Waals surface area contributed by atoms with Crippen LogP contribution in [0.3, 0.4) is 0 Å². The van der Waals surface area contributed by atoms with Crippen LogP contribution in [-0.2, 0) is 4.79 Å². The molecule has 1 atom stereocenters. The number of aromatic carboxylic acids is 1. The fourth-order valence-corrected chi connectivity index (χ4v) is 3.18. The Morgan fingerprint density at radius 2 is 2.00 bits per heavy atom. The van der Waals surface area contributed by atoms with Gasteiger partial charge in [-0.15, -0.1) is 0 Å². The number of amides is 2. The number of rotatable bonds is 4. The number of halogens is 1. The lowest BCUT2D eigenvalue weighted by Gasteiger charge is -2.21. The maximum Gasteiger partial charge on any atom is 0.335 e. The van der Waals surface area contributed by atoms with Gasteiger partial charge >= 0.3 is 5.97 Å². The summed E-state index contributed by atoms with van der Waals surface area (Å²) < 4.78 is 0.655. The Morgan fingerprint density at radius 3 is 2.59 bits per heavy atom. The molecule has 1 aliphatic heterocycles. The van der Waals surface area contributed by atoms with E-state index in [1.54, 1.807) is 11.0 Å². The van der Waals surface area contributed by atoms with Gasteiger partial charge in [0.05, 0.1) is 12.1 Å². The first-order valence-electron chi connectivity index (χ1n) is 7.00. The number of carbonyl (C=O) groups is 3. The summed E-state index contributed by atoms with van der Waals surface area (Å²) in [6, 6.07) is 4.59. The predicted molar refractivity (Wildman–Crippen MR) is 88.9 cm³/mol. The first kappa shape index (κ1) is 16.7. The number of carboxylic acids is 1. The summed E-state index contributed by atoms with van der Waals surface area (Å²) in [5.74, 6) is -1.64. The molecule has 2 rings (SSSR count). The highest BCUT2D eigenvalue weighted by Gasteiger charge is 2.25. The van der Waals surface area contributed by atoms with Gasteiger partial charge in [-0.3, -0.25) is 9.59 Å². The van der Waals surface area contributed by atoms with Crippen molar-refractivity contribution >= 4 is 40.4 Å². The number of hydrogen-bond donors (Lipinski definition) is 2. The van der Waals surface area contributed by atoms with Crippen molar-refractivity contribution in [1.29, 1.82) is 0 Å². The molecule has 0 aromatic heterocycles. The van der Waals surface area contributed by atoms with Crippen molar-refractivity contribution in [2.45, 2.75) is 25.8 Å². The summed E-state index contributed by atoms with van der Waals surface area (Å²) in [6.07, 6.45) is 1.97. The molecule has 2 N–H and O–H groups in total. The van der Waals surface area contributed by atoms with E-state index < -0.39 is 11.9 Å². The molecule has 1 heterocycles. The standard InChI is InChI=1S/C15H17IN2O4/c1-9-3-2-4-18(9)13(19)8-17-14(20)10-5-11(15(21)22)7-12(16)6-10/h5-7,9H,2-4,8H2,1H3,(H,17,20)(H,21,22)/t9-/m1/s1. The zero-order chi connectivity index (χ0) is 16.3. The molecule has 118 valence electrons. The Labute approximate surface area is 142 Å². The highest BCUT2D eigenvalue weighted by molar-refractivity contribution is 14.1. The largest absolute Gasteiger partial charge is 0.478 e. The van der Waals surface area contributed by atoms with E-state index in [1.165, 1.54) is 12.1 Å². The summed E-state index contributed by atoms with van der Waals surface area (Å²) in [7, 11) is 0. The van der Waals surface area contributed by atoms with Crippen LogP contribution in [0, 0.1) is 3.57 Å². The van der Waals surface area contributed by atoms with Crippen LogP contribution in [0.5, 0.6) is 0 Å². The smallest absolute Gasteiger partial charge is 0.335 e. The van der Waals surface area contributed by atoms with Crippen LogP contribution >= 0.6 is 22.6 Å². The number of hydrogen-bond acceptors (Lipinski definition) is 3. The van der Waals surface area contributed by atoms with Crippen molar-refractivity contribution in [2.75, 3.05) is 13.1 Å². The summed E-state index contributed by atoms with van der Waals surface area (Å²) >= 11 is 1.95. The minimum absolute atomic E-state index is 0.0524. The molecule has 0 bridgehead atoms. The Kier molecular flexibility index (Phi) is 5.38. The van der Waals surface area contributed by atoms with Crippen molar-refractivity contribution < 1.29 is 19.5 Å². The fraction of sp³-hybridized carbons (Fsp3) is 0.400. The maximum absolute atomic E-state index is 12.1. The Hall–Kier alpha value is -1.64. The summed E-state index contributed by atoms with van der Waals surface area (Å²) in [5, 5.41) is 11.6. The van der Waals surface area contributed by atoms with Crippen molar-refractivity contribution in [1.82, 2.24) is 10.2 Å². The molecule has 0 spiro atoms. The zero-order valence-corrected chi connectivity index (χ0v) is 14.3. The average molecular weight is 416 g/mol. The minimum atomic E-state index is -1.09. The van der Waals surface area contributed by atoms with Crippen LogP contribution in [0.25, 0.3) is 0 Å². The number of nitrogens with one attached hydrogen (secondary N) is 1. The highest BCUT2D eigenvalue weighted by atomic mass is 127. The van der Waals surface area contributed by atoms with Crippen LogP contribution in [0.1, 0.15) is 40.5 Å². The molecule has 6 nitrogen and oxygen atoms in total. The molecule has 0 saturated carbocycles. The van der Waals surface area contributed by atoms with E-state index in [4.69, 9.17) is 5.11 Å². The third-order valence-electron chi connectivity index (χ3n) is 3.68. The lowest BCUT2D eigenvalue weighted by atomic mass is 10.1. The Balaban J connectivity index is 2.00. The third-order valence-corrected chi connectivity index (χ3v) is 4.30. The minimum Gasteiger partial charge on any atom is -0.478 e. The quantitative estimate of drug-likeness (QED) is 0.733. The molecule has 1 aromatic carbocycles. The number of likely N-dealkylation sites (tertiary alicyclic amines) is 1. The van der Waals surface area contributed by atoms with Crippen molar-refractivity contribution in [3.05, 3.63) is 32.9 Å². The predicted octanol–water partition coefficient (Wildman–Crippen LogP) is 1.73. The second kappa shape index (κ2) is 7.08. The van der Waals surface area contributed by atoms with Crippen LogP contribution in [-0.4, -0.2) is 46.9 Å². The lowest BCUT2D eigenvalue weighted by molar-refractivity contribution is -0.130. The summed E-state index contributed by atoms with van der Waals surface area (Å²) in [4.78, 5) is 36.9. The topological polar surface area (TPSA) is 86.7 Å². The van der Waals surface area contributed by atoms with Gasteiger partial charge in [-0.05, 0) is 60.6 Å². The van der Waals surface area contributed by atoms with Gasteiger partial charge < -0.3 is 15.3 Å². The molecule has 1 aromatic rings. The van der Waals surface area contributed by atoms with Crippen LogP contribution < -0.4 is 5.32 Å². The van der Waals surface area contributed by atoms with Gasteiger partial charge in [-0.2, -0.15) is 0 Å². The molecule has 2 amide bonds. The van der Waals surface area contributed by atoms with E-state index in [2.05, 4.69) is 5.32 Å². The van der Waals surface area contributed by atoms with Crippen LogP contribution in [0.15, 0.2) is 18.2 Å². The van der Waals surface area contributed by atoms with Gasteiger partial charge in [0.25, 0.3) is 5.91 Å². The SMILES string of the molecule is C[C@@H]1CCCN1C(=O)CNC(=O)c1cc(I)cc(C(=O)O)c1. The molecular formula is C15H17IN2O4. The number of benzene rings is 1. The second-order valence-corrected chi connectivity index (χ2v) is 6.54. The van der Waals surface area contributed by atoms with Crippen LogP contribution in [0.4, 0.5) is 0 Å². The number of carbonyl (C=O) groups excluding carboxylic acids is 2. The average Bonchev–Trinajstić information content (AvgIpc) is 2.89. The van der Waals surface area contributed by atoms with Gasteiger partial charge in [-0.1, -0.05) is 0 Å². The van der Waals surface area contributed by atoms with Crippen LogP contribution in [0.2, 0.25) is 0 Å². The first-order chi connectivity index (χ1) is 10.4. The summed E-state index contributed by atoms with van der Waals surface area (Å²) in [5.41, 5.74) is 0.295. The molecule has 0 radical (unpaired) electrons. The van der Waals surface area contributed by atoms with Gasteiger partial charge in [-0.25, -0.2) is 4.79 Å². The molecule has 1 fully saturated rings. The lowest BCUT2D eigenvalue weighted by Crippen LogP contribution is -2.41.